The number of ketones is 1. The highest BCUT2D eigenvalue weighted by Crippen LogP contribution is 2.45. The molecule has 1 fully saturated rings. The number of benzene rings is 3. The quantitative estimate of drug-likeness (QED) is 0.226. The van der Waals surface area contributed by atoms with Crippen molar-refractivity contribution < 1.29 is 33.7 Å². The standard InChI is InChI=1S/C28H25NO7/c1-4-36-28(33)18-10-12-19(13-11-18)29-24(21-15-14-20(34-2)16-22(21)35-3)23(26(31)27(29)32)25(30)17-8-6-5-7-9-17/h5-16,24,30H,4H2,1-3H3/b25-23-. The number of anilines is 1. The third-order valence-corrected chi connectivity index (χ3v) is 5.88. The van der Waals surface area contributed by atoms with E-state index in [1.54, 1.807) is 67.6 Å². The molecule has 0 bridgehead atoms. The first-order chi connectivity index (χ1) is 17.4. The molecule has 3 aromatic rings. The van der Waals surface area contributed by atoms with Crippen molar-refractivity contribution >= 4 is 29.1 Å². The minimum atomic E-state index is -1.00. The van der Waals surface area contributed by atoms with Crippen LogP contribution in [-0.2, 0) is 14.3 Å². The van der Waals surface area contributed by atoms with Crippen molar-refractivity contribution in [2.24, 2.45) is 0 Å². The smallest absolute Gasteiger partial charge is 0.338 e. The molecule has 0 saturated carbocycles. The van der Waals surface area contributed by atoms with Crippen LogP contribution in [0.4, 0.5) is 5.69 Å². The Morgan fingerprint density at radius 2 is 1.61 bits per heavy atom. The molecular formula is C28H25NO7. The first-order valence-corrected chi connectivity index (χ1v) is 11.3. The summed E-state index contributed by atoms with van der Waals surface area (Å²) in [6.07, 6.45) is 0. The molecule has 0 radical (unpaired) electrons. The maximum Gasteiger partial charge on any atom is 0.338 e. The summed E-state index contributed by atoms with van der Waals surface area (Å²) in [5.74, 6) is -1.57. The minimum absolute atomic E-state index is 0.0795. The Bertz CT molecular complexity index is 1330. The Balaban J connectivity index is 1.91. The summed E-state index contributed by atoms with van der Waals surface area (Å²) >= 11 is 0. The van der Waals surface area contributed by atoms with Crippen molar-refractivity contribution in [1.82, 2.24) is 0 Å². The molecule has 0 spiro atoms. The topological polar surface area (TPSA) is 102 Å². The molecule has 3 aromatic carbocycles. The highest BCUT2D eigenvalue weighted by Gasteiger charge is 2.48. The first kappa shape index (κ1) is 24.5. The van der Waals surface area contributed by atoms with Gasteiger partial charge >= 0.3 is 5.97 Å². The first-order valence-electron chi connectivity index (χ1n) is 11.3. The number of aliphatic hydroxyl groups excluding tert-OH is 1. The van der Waals surface area contributed by atoms with E-state index in [1.807, 2.05) is 0 Å². The van der Waals surface area contributed by atoms with Crippen molar-refractivity contribution in [3.63, 3.8) is 0 Å². The van der Waals surface area contributed by atoms with Crippen molar-refractivity contribution in [1.29, 1.82) is 0 Å². The van der Waals surface area contributed by atoms with Crippen molar-refractivity contribution in [3.8, 4) is 11.5 Å². The molecule has 36 heavy (non-hydrogen) atoms. The molecule has 8 nitrogen and oxygen atoms in total. The van der Waals surface area contributed by atoms with Gasteiger partial charge in [0.2, 0.25) is 0 Å². The summed E-state index contributed by atoms with van der Waals surface area (Å²) in [6, 6.07) is 18.7. The normalized spacial score (nSPS) is 16.6. The van der Waals surface area contributed by atoms with E-state index in [0.717, 1.165) is 0 Å². The second kappa shape index (κ2) is 10.4. The zero-order valence-electron chi connectivity index (χ0n) is 20.1. The monoisotopic (exact) mass is 487 g/mol. The van der Waals surface area contributed by atoms with Crippen LogP contribution in [0.25, 0.3) is 5.76 Å². The van der Waals surface area contributed by atoms with E-state index in [9.17, 15) is 19.5 Å². The number of esters is 1. The molecule has 1 aliphatic heterocycles. The van der Waals surface area contributed by atoms with Gasteiger partial charge in [-0.2, -0.15) is 0 Å². The van der Waals surface area contributed by atoms with Gasteiger partial charge in [-0.1, -0.05) is 30.3 Å². The largest absolute Gasteiger partial charge is 0.507 e. The number of carbonyl (C=O) groups excluding carboxylic acids is 3. The summed E-state index contributed by atoms with van der Waals surface area (Å²) in [7, 11) is 2.98. The third-order valence-electron chi connectivity index (χ3n) is 5.88. The van der Waals surface area contributed by atoms with Gasteiger partial charge in [0.25, 0.3) is 11.7 Å². The highest BCUT2D eigenvalue weighted by molar-refractivity contribution is 6.51. The van der Waals surface area contributed by atoms with E-state index in [-0.39, 0.29) is 17.9 Å². The van der Waals surface area contributed by atoms with Gasteiger partial charge in [0.1, 0.15) is 17.3 Å². The molecule has 0 aliphatic carbocycles. The molecule has 1 N–H and O–H groups in total. The molecule has 1 atom stereocenters. The number of ether oxygens (including phenoxy) is 3. The van der Waals surface area contributed by atoms with Crippen LogP contribution >= 0.6 is 0 Å². The summed E-state index contributed by atoms with van der Waals surface area (Å²) in [4.78, 5) is 40.1. The van der Waals surface area contributed by atoms with Gasteiger partial charge in [0.05, 0.1) is 38.0 Å². The fraction of sp³-hybridized carbons (Fsp3) is 0.179. The maximum absolute atomic E-state index is 13.4. The zero-order chi connectivity index (χ0) is 25.8. The van der Waals surface area contributed by atoms with Crippen LogP contribution in [0.15, 0.2) is 78.4 Å². The second-order valence-corrected chi connectivity index (χ2v) is 7.91. The van der Waals surface area contributed by atoms with E-state index < -0.39 is 23.7 Å². The van der Waals surface area contributed by atoms with Crippen molar-refractivity contribution in [2.75, 3.05) is 25.7 Å². The zero-order valence-corrected chi connectivity index (χ0v) is 20.1. The SMILES string of the molecule is CCOC(=O)c1ccc(N2C(=O)C(=O)/C(=C(\O)c3ccccc3)C2c2ccc(OC)cc2OC)cc1. The van der Waals surface area contributed by atoms with Gasteiger partial charge in [-0.25, -0.2) is 4.79 Å². The number of nitrogens with zero attached hydrogens (tertiary/aromatic N) is 1. The van der Waals surface area contributed by atoms with Crippen LogP contribution < -0.4 is 14.4 Å². The van der Waals surface area contributed by atoms with Gasteiger partial charge in [0.15, 0.2) is 0 Å². The molecule has 4 rings (SSSR count). The fourth-order valence-corrected chi connectivity index (χ4v) is 4.16. The molecule has 1 heterocycles. The Hall–Kier alpha value is -4.59. The maximum atomic E-state index is 13.4. The number of hydrogen-bond acceptors (Lipinski definition) is 7. The summed E-state index contributed by atoms with van der Waals surface area (Å²) in [5, 5.41) is 11.2. The lowest BCUT2D eigenvalue weighted by Gasteiger charge is -2.27. The summed E-state index contributed by atoms with van der Waals surface area (Å²) in [6.45, 7) is 1.94. The lowest BCUT2D eigenvalue weighted by molar-refractivity contribution is -0.132. The van der Waals surface area contributed by atoms with Gasteiger partial charge in [-0.15, -0.1) is 0 Å². The van der Waals surface area contributed by atoms with Gasteiger partial charge in [-0.05, 0) is 43.3 Å². The number of methoxy groups -OCH3 is 2. The van der Waals surface area contributed by atoms with E-state index in [1.165, 1.54) is 31.3 Å². The van der Waals surface area contributed by atoms with Crippen molar-refractivity contribution in [2.45, 2.75) is 13.0 Å². The number of amides is 1. The Morgan fingerprint density at radius 1 is 0.917 bits per heavy atom. The average molecular weight is 488 g/mol. The van der Waals surface area contributed by atoms with E-state index in [0.29, 0.717) is 33.9 Å². The third kappa shape index (κ3) is 4.40. The second-order valence-electron chi connectivity index (χ2n) is 7.91. The van der Waals surface area contributed by atoms with Crippen LogP contribution in [0.5, 0.6) is 11.5 Å². The minimum Gasteiger partial charge on any atom is -0.507 e. The Labute approximate surface area is 208 Å². The molecule has 0 aromatic heterocycles. The number of rotatable bonds is 7. The van der Waals surface area contributed by atoms with Gasteiger partial charge in [-0.3, -0.25) is 14.5 Å². The van der Waals surface area contributed by atoms with E-state index in [4.69, 9.17) is 14.2 Å². The number of Topliss-reactive ketones (excluding diaryl/α,β-unsaturated/α-hetero) is 1. The summed E-state index contributed by atoms with van der Waals surface area (Å²) in [5.41, 5.74) is 1.46. The van der Waals surface area contributed by atoms with Crippen LogP contribution in [0, 0.1) is 0 Å². The van der Waals surface area contributed by atoms with Crippen LogP contribution in [0.1, 0.15) is 34.5 Å². The summed E-state index contributed by atoms with van der Waals surface area (Å²) < 4.78 is 15.9. The van der Waals surface area contributed by atoms with E-state index in [2.05, 4.69) is 0 Å². The lowest BCUT2D eigenvalue weighted by atomic mass is 9.94. The van der Waals surface area contributed by atoms with Crippen LogP contribution in [0.3, 0.4) is 0 Å². The molecule has 1 saturated heterocycles. The van der Waals surface area contributed by atoms with Gasteiger partial charge in [0, 0.05) is 22.9 Å². The van der Waals surface area contributed by atoms with Gasteiger partial charge < -0.3 is 19.3 Å². The Morgan fingerprint density at radius 3 is 2.22 bits per heavy atom. The van der Waals surface area contributed by atoms with Crippen molar-refractivity contribution in [3.05, 3.63) is 95.1 Å². The molecule has 8 heteroatoms. The number of carbonyl (C=O) groups is 3. The van der Waals surface area contributed by atoms with E-state index >= 15 is 0 Å². The average Bonchev–Trinajstić information content (AvgIpc) is 3.18. The Kier molecular flexibility index (Phi) is 7.05. The van der Waals surface area contributed by atoms with Crippen LogP contribution in [-0.4, -0.2) is 43.6 Å². The fourth-order valence-electron chi connectivity index (χ4n) is 4.16. The molecule has 184 valence electrons. The molecule has 1 aliphatic rings. The predicted molar refractivity (Wildman–Crippen MR) is 133 cm³/mol. The lowest BCUT2D eigenvalue weighted by Crippen LogP contribution is -2.29. The number of hydrogen-bond donors (Lipinski definition) is 1. The molecular weight excluding hydrogens is 462 g/mol. The molecule has 1 unspecified atom stereocenters. The predicted octanol–water partition coefficient (Wildman–Crippen LogP) is 4.51. The highest BCUT2D eigenvalue weighted by atomic mass is 16.5. The molecule has 1 amide bonds. The van der Waals surface area contributed by atoms with Crippen LogP contribution in [0.2, 0.25) is 0 Å². The number of aliphatic hydroxyl groups is 1.